The SMILES string of the molecule is O=C1NCCCC1NS(=O)(=O)c1ccc(C(F)(F)F)cc1. The van der Waals surface area contributed by atoms with Gasteiger partial charge in [-0.1, -0.05) is 0 Å². The predicted octanol–water partition coefficient (Wildman–Crippen LogP) is 1.26. The summed E-state index contributed by atoms with van der Waals surface area (Å²) in [6.45, 7) is 0.483. The molecular weight excluding hydrogens is 309 g/mol. The lowest BCUT2D eigenvalue weighted by Gasteiger charge is -2.22. The Balaban J connectivity index is 2.17. The number of hydrogen-bond donors (Lipinski definition) is 2. The van der Waals surface area contributed by atoms with E-state index in [-0.39, 0.29) is 4.90 Å². The van der Waals surface area contributed by atoms with Gasteiger partial charge in [-0.3, -0.25) is 4.79 Å². The highest BCUT2D eigenvalue weighted by molar-refractivity contribution is 7.89. The molecule has 0 bridgehead atoms. The summed E-state index contributed by atoms with van der Waals surface area (Å²) in [4.78, 5) is 11.2. The summed E-state index contributed by atoms with van der Waals surface area (Å²) in [7, 11) is -4.03. The number of carbonyl (C=O) groups excluding carboxylic acids is 1. The van der Waals surface area contributed by atoms with Crippen LogP contribution in [0.3, 0.4) is 0 Å². The van der Waals surface area contributed by atoms with Gasteiger partial charge in [0.25, 0.3) is 0 Å². The zero-order valence-corrected chi connectivity index (χ0v) is 11.6. The summed E-state index contributed by atoms with van der Waals surface area (Å²) in [6.07, 6.45) is -3.55. The molecule has 1 aromatic carbocycles. The molecular formula is C12H13F3N2O3S. The fourth-order valence-corrected chi connectivity index (χ4v) is 3.19. The van der Waals surface area contributed by atoms with Gasteiger partial charge in [-0.15, -0.1) is 0 Å². The number of alkyl halides is 3. The standard InChI is InChI=1S/C12H13F3N2O3S/c13-12(14,15)8-3-5-9(6-4-8)21(19,20)17-10-2-1-7-16-11(10)18/h3-6,10,17H,1-2,7H2,(H,16,18). The lowest BCUT2D eigenvalue weighted by molar-refractivity contribution is -0.137. The van der Waals surface area contributed by atoms with E-state index in [4.69, 9.17) is 0 Å². The van der Waals surface area contributed by atoms with E-state index in [9.17, 15) is 26.4 Å². The molecule has 1 heterocycles. The van der Waals surface area contributed by atoms with Crippen LogP contribution in [0.1, 0.15) is 18.4 Å². The molecule has 21 heavy (non-hydrogen) atoms. The molecule has 116 valence electrons. The van der Waals surface area contributed by atoms with Crippen molar-refractivity contribution < 1.29 is 26.4 Å². The maximum Gasteiger partial charge on any atom is 0.416 e. The predicted molar refractivity (Wildman–Crippen MR) is 67.8 cm³/mol. The lowest BCUT2D eigenvalue weighted by Crippen LogP contribution is -2.50. The Labute approximate surface area is 119 Å². The summed E-state index contributed by atoms with van der Waals surface area (Å²) in [5.74, 6) is -0.434. The molecule has 1 amide bonds. The third-order valence-corrected chi connectivity index (χ3v) is 4.56. The van der Waals surface area contributed by atoms with Crippen LogP contribution >= 0.6 is 0 Å². The monoisotopic (exact) mass is 322 g/mol. The summed E-state index contributed by atoms with van der Waals surface area (Å²) < 4.78 is 63.5. The van der Waals surface area contributed by atoms with Crippen LogP contribution in [-0.2, 0) is 21.0 Å². The Kier molecular flexibility index (Phi) is 4.24. The van der Waals surface area contributed by atoms with Crippen LogP contribution in [0.25, 0.3) is 0 Å². The maximum atomic E-state index is 12.4. The molecule has 9 heteroatoms. The minimum atomic E-state index is -4.53. The molecule has 5 nitrogen and oxygen atoms in total. The van der Waals surface area contributed by atoms with Crippen molar-refractivity contribution in [2.24, 2.45) is 0 Å². The first-order valence-corrected chi connectivity index (χ1v) is 7.66. The van der Waals surface area contributed by atoms with Crippen molar-refractivity contribution in [3.8, 4) is 0 Å². The van der Waals surface area contributed by atoms with Crippen molar-refractivity contribution in [1.29, 1.82) is 0 Å². The second kappa shape index (κ2) is 5.64. The molecule has 0 saturated carbocycles. The Hall–Kier alpha value is -1.61. The van der Waals surface area contributed by atoms with Crippen molar-refractivity contribution >= 4 is 15.9 Å². The molecule has 2 rings (SSSR count). The van der Waals surface area contributed by atoms with Crippen LogP contribution in [-0.4, -0.2) is 26.9 Å². The molecule has 1 fully saturated rings. The van der Waals surface area contributed by atoms with E-state index in [0.29, 0.717) is 31.5 Å². The Bertz CT molecular complexity index is 626. The van der Waals surface area contributed by atoms with Gasteiger partial charge in [-0.05, 0) is 37.1 Å². The molecule has 0 spiro atoms. The number of benzene rings is 1. The number of nitrogens with one attached hydrogen (secondary N) is 2. The van der Waals surface area contributed by atoms with E-state index >= 15 is 0 Å². The second-order valence-corrected chi connectivity index (χ2v) is 6.34. The Morgan fingerprint density at radius 1 is 1.19 bits per heavy atom. The molecule has 1 aromatic rings. The summed E-state index contributed by atoms with van der Waals surface area (Å²) in [5.41, 5.74) is -0.933. The number of hydrogen-bond acceptors (Lipinski definition) is 3. The molecule has 0 radical (unpaired) electrons. The first-order chi connectivity index (χ1) is 9.70. The summed E-state index contributed by atoms with van der Waals surface area (Å²) >= 11 is 0. The lowest BCUT2D eigenvalue weighted by atomic mass is 10.1. The van der Waals surface area contributed by atoms with Gasteiger partial charge in [0.2, 0.25) is 15.9 Å². The summed E-state index contributed by atoms with van der Waals surface area (Å²) in [6, 6.07) is 2.22. The average molecular weight is 322 g/mol. The fourth-order valence-electron chi connectivity index (χ4n) is 1.96. The second-order valence-electron chi connectivity index (χ2n) is 4.63. The average Bonchev–Trinajstić information content (AvgIpc) is 2.40. The molecule has 1 saturated heterocycles. The van der Waals surface area contributed by atoms with E-state index in [1.165, 1.54) is 0 Å². The Morgan fingerprint density at radius 3 is 2.33 bits per heavy atom. The molecule has 1 atom stereocenters. The molecule has 0 aliphatic carbocycles. The fraction of sp³-hybridized carbons (Fsp3) is 0.417. The smallest absolute Gasteiger partial charge is 0.355 e. The van der Waals surface area contributed by atoms with Gasteiger partial charge in [-0.2, -0.15) is 17.9 Å². The third-order valence-electron chi connectivity index (χ3n) is 3.07. The van der Waals surface area contributed by atoms with Crippen molar-refractivity contribution in [2.75, 3.05) is 6.54 Å². The van der Waals surface area contributed by atoms with Crippen molar-refractivity contribution in [3.05, 3.63) is 29.8 Å². The molecule has 1 aliphatic rings. The van der Waals surface area contributed by atoms with Gasteiger partial charge in [0.05, 0.1) is 10.5 Å². The van der Waals surface area contributed by atoms with Gasteiger partial charge in [-0.25, -0.2) is 8.42 Å². The van der Waals surface area contributed by atoms with Crippen LogP contribution in [0.2, 0.25) is 0 Å². The Morgan fingerprint density at radius 2 is 1.81 bits per heavy atom. The molecule has 0 aromatic heterocycles. The van der Waals surface area contributed by atoms with Crippen molar-refractivity contribution in [1.82, 2.24) is 10.0 Å². The quantitative estimate of drug-likeness (QED) is 0.880. The van der Waals surface area contributed by atoms with Crippen LogP contribution in [0.15, 0.2) is 29.2 Å². The third kappa shape index (κ3) is 3.73. The van der Waals surface area contributed by atoms with Gasteiger partial charge in [0, 0.05) is 6.54 Å². The topological polar surface area (TPSA) is 75.3 Å². The van der Waals surface area contributed by atoms with Gasteiger partial charge < -0.3 is 5.32 Å². The van der Waals surface area contributed by atoms with Crippen LogP contribution < -0.4 is 10.0 Å². The van der Waals surface area contributed by atoms with E-state index < -0.39 is 33.7 Å². The van der Waals surface area contributed by atoms with E-state index in [1.54, 1.807) is 0 Å². The number of rotatable bonds is 3. The zero-order valence-electron chi connectivity index (χ0n) is 10.8. The number of sulfonamides is 1. The van der Waals surface area contributed by atoms with Crippen molar-refractivity contribution in [2.45, 2.75) is 30.0 Å². The number of halogens is 3. The van der Waals surface area contributed by atoms with Crippen LogP contribution in [0.4, 0.5) is 13.2 Å². The largest absolute Gasteiger partial charge is 0.416 e. The number of carbonyl (C=O) groups is 1. The number of piperidine rings is 1. The molecule has 2 N–H and O–H groups in total. The van der Waals surface area contributed by atoms with Gasteiger partial charge >= 0.3 is 6.18 Å². The zero-order chi connectivity index (χ0) is 15.7. The minimum absolute atomic E-state index is 0.311. The normalized spacial score (nSPS) is 20.1. The van der Waals surface area contributed by atoms with E-state index in [2.05, 4.69) is 10.0 Å². The van der Waals surface area contributed by atoms with E-state index in [0.717, 1.165) is 12.1 Å². The highest BCUT2D eigenvalue weighted by Gasteiger charge is 2.31. The van der Waals surface area contributed by atoms with Crippen LogP contribution in [0.5, 0.6) is 0 Å². The molecule has 1 aliphatic heterocycles. The van der Waals surface area contributed by atoms with Gasteiger partial charge in [0.15, 0.2) is 0 Å². The summed E-state index contributed by atoms with van der Waals surface area (Å²) in [5, 5.41) is 2.52. The first-order valence-electron chi connectivity index (χ1n) is 6.17. The first kappa shape index (κ1) is 15.8. The minimum Gasteiger partial charge on any atom is -0.355 e. The highest BCUT2D eigenvalue weighted by atomic mass is 32.2. The number of amides is 1. The molecule has 1 unspecified atom stereocenters. The highest BCUT2D eigenvalue weighted by Crippen LogP contribution is 2.29. The van der Waals surface area contributed by atoms with Crippen molar-refractivity contribution in [3.63, 3.8) is 0 Å². The maximum absolute atomic E-state index is 12.4. The van der Waals surface area contributed by atoms with E-state index in [1.807, 2.05) is 0 Å². The van der Waals surface area contributed by atoms with Crippen LogP contribution in [0, 0.1) is 0 Å². The van der Waals surface area contributed by atoms with Gasteiger partial charge in [0.1, 0.15) is 6.04 Å².